The molecule has 0 unspecified atom stereocenters. The largest absolute Gasteiger partial charge is 0.390 e. The minimum Gasteiger partial charge on any atom is -0.390 e. The van der Waals surface area contributed by atoms with Gasteiger partial charge in [-0.1, -0.05) is 0 Å². The predicted molar refractivity (Wildman–Crippen MR) is 26.8 cm³/mol. The third-order valence-corrected chi connectivity index (χ3v) is 0.889. The second kappa shape index (κ2) is 4.25. The molecule has 0 saturated heterocycles. The molecule has 0 radical (unpaired) electrons. The fraction of sp³-hybridized carbons (Fsp3) is 0.500. The first-order valence-corrected chi connectivity index (χ1v) is 2.30. The van der Waals surface area contributed by atoms with E-state index in [1.54, 1.807) is 0 Å². The van der Waals surface area contributed by atoms with Crippen LogP contribution in [0.1, 0.15) is 0 Å². The van der Waals surface area contributed by atoms with Crippen molar-refractivity contribution < 1.29 is 22.2 Å². The average molecular weight is 204 g/mol. The number of hydrogen-bond donors (Lipinski definition) is 1. The molecule has 0 spiro atoms. The van der Waals surface area contributed by atoms with Gasteiger partial charge in [-0.2, -0.15) is 5.88 Å². The smallest absolute Gasteiger partial charge is 0.106 e. The van der Waals surface area contributed by atoms with Gasteiger partial charge in [-0.05, 0) is 0 Å². The molecule has 5 heteroatoms. The summed E-state index contributed by atoms with van der Waals surface area (Å²) in [6.45, 7) is 0. The molecule has 0 heterocycles. The van der Waals surface area contributed by atoms with Crippen molar-refractivity contribution in [3.05, 3.63) is 5.88 Å². The first-order valence-electron chi connectivity index (χ1n) is 1.11. The monoisotopic (exact) mass is 203 g/mol. The Balaban J connectivity index is 0. The second-order valence-electron chi connectivity index (χ2n) is 0.697. The molecule has 0 aromatic carbocycles. The molecule has 1 N–H and O–H groups in total. The molecule has 0 aliphatic rings. The van der Waals surface area contributed by atoms with E-state index in [2.05, 4.69) is 0 Å². The van der Waals surface area contributed by atoms with Crippen LogP contribution in [0, 0.1) is 5.88 Å². The molecule has 46 valence electrons. The molecule has 0 atom stereocenters. The molecule has 0 aliphatic heterocycles. The van der Waals surface area contributed by atoms with Gasteiger partial charge in [0.1, 0.15) is 4.52 Å². The van der Waals surface area contributed by atoms with E-state index < -0.39 is 4.52 Å². The summed E-state index contributed by atoms with van der Waals surface area (Å²) in [5.41, 5.74) is 0. The Hall–Kier alpha value is 1.35. The van der Waals surface area contributed by atoms with Gasteiger partial charge in [0.2, 0.25) is 0 Å². The molecule has 0 aromatic heterocycles. The van der Waals surface area contributed by atoms with Crippen molar-refractivity contribution in [1.29, 1.82) is 0 Å². The second-order valence-corrected chi connectivity index (χ2v) is 2.26. The maximum Gasteiger partial charge on any atom is 0.106 e. The van der Waals surface area contributed by atoms with Gasteiger partial charge in [0.15, 0.2) is 0 Å². The summed E-state index contributed by atoms with van der Waals surface area (Å²) in [6, 6.07) is 0. The molecule has 7 heavy (non-hydrogen) atoms. The van der Waals surface area contributed by atoms with E-state index in [0.717, 1.165) is 5.88 Å². The zero-order valence-corrected chi connectivity index (χ0v) is 6.38. The van der Waals surface area contributed by atoms with E-state index >= 15 is 0 Å². The Morgan fingerprint density at radius 3 is 1.57 bits per heavy atom. The average Bonchev–Trinajstić information content (AvgIpc) is 1.35. The van der Waals surface area contributed by atoms with Crippen LogP contribution in [-0.2, 0) is 17.1 Å². The van der Waals surface area contributed by atoms with Crippen LogP contribution in [0.4, 0.5) is 0 Å². The normalized spacial score (nSPS) is 10.3. The van der Waals surface area contributed by atoms with Crippen LogP contribution in [0.2, 0.25) is 0 Å². The van der Waals surface area contributed by atoms with E-state index in [0.29, 0.717) is 0 Å². The first-order chi connectivity index (χ1) is 2.56. The van der Waals surface area contributed by atoms with Crippen molar-refractivity contribution >= 4 is 34.8 Å². The summed E-state index contributed by atoms with van der Waals surface area (Å²) in [6.07, 6.45) is 0. The number of halogens is 3. The van der Waals surface area contributed by atoms with Crippen LogP contribution in [0.15, 0.2) is 0 Å². The van der Waals surface area contributed by atoms with Crippen LogP contribution in [0.25, 0.3) is 0 Å². The Bertz CT molecular complexity index is 42.7. The summed E-state index contributed by atoms with van der Waals surface area (Å²) >= 11 is 14.5. The fourth-order valence-corrected chi connectivity index (χ4v) is 0. The Morgan fingerprint density at radius 1 is 1.43 bits per heavy atom. The molecule has 0 saturated carbocycles. The van der Waals surface area contributed by atoms with E-state index in [1.807, 2.05) is 0 Å². The molecule has 0 aliphatic carbocycles. The summed E-state index contributed by atoms with van der Waals surface area (Å²) in [7, 11) is 0. The van der Waals surface area contributed by atoms with Crippen LogP contribution in [0.5, 0.6) is 0 Å². The fourth-order valence-electron chi connectivity index (χ4n) is 0. The van der Waals surface area contributed by atoms with Gasteiger partial charge in [0.25, 0.3) is 0 Å². The van der Waals surface area contributed by atoms with Gasteiger partial charge >= 0.3 is 0 Å². The van der Waals surface area contributed by atoms with Crippen molar-refractivity contribution in [2.45, 2.75) is 4.52 Å². The van der Waals surface area contributed by atoms with Crippen LogP contribution in [0.3, 0.4) is 0 Å². The van der Waals surface area contributed by atoms with Gasteiger partial charge in [0.05, 0.1) is 0 Å². The first kappa shape index (κ1) is 11.2. The summed E-state index contributed by atoms with van der Waals surface area (Å²) in [5.74, 6) is 0.746. The SMILES string of the molecule is OC(Cl)(Cl)[CH-]Cl.[Fe]. The van der Waals surface area contributed by atoms with Crippen molar-refractivity contribution in [3.63, 3.8) is 0 Å². The predicted octanol–water partition coefficient (Wildman–Crippen LogP) is 1.51. The molecule has 0 bridgehead atoms. The molecule has 0 amide bonds. The number of rotatable bonds is 1. The topological polar surface area (TPSA) is 20.2 Å². The van der Waals surface area contributed by atoms with Crippen molar-refractivity contribution in [1.82, 2.24) is 0 Å². The molecule has 0 aromatic rings. The van der Waals surface area contributed by atoms with Gasteiger partial charge in [-0.15, -0.1) is 23.2 Å². The zero-order valence-electron chi connectivity index (χ0n) is 3.01. The van der Waals surface area contributed by atoms with Crippen molar-refractivity contribution in [2.75, 3.05) is 0 Å². The third kappa shape index (κ3) is 11.1. The standard InChI is InChI=1S/C2H2Cl3O.Fe/c3-1-2(4,5)6;/h1,6H;/q-1;. The quantitative estimate of drug-likeness (QED) is 0.390. The summed E-state index contributed by atoms with van der Waals surface area (Å²) < 4.78 is -1.87. The van der Waals surface area contributed by atoms with Crippen molar-refractivity contribution in [2.24, 2.45) is 0 Å². The van der Waals surface area contributed by atoms with Gasteiger partial charge in [0, 0.05) is 17.1 Å². The zero-order chi connectivity index (χ0) is 5.21. The summed E-state index contributed by atoms with van der Waals surface area (Å²) in [4.78, 5) is 0. The van der Waals surface area contributed by atoms with Gasteiger partial charge in [-0.3, -0.25) is 0 Å². The molecular formula is C2H2Cl3FeO-. The minimum atomic E-state index is -1.87. The molecule has 0 rings (SSSR count). The maximum atomic E-state index is 8.17. The third-order valence-electron chi connectivity index (χ3n) is 0.131. The van der Waals surface area contributed by atoms with Crippen LogP contribution in [-0.4, -0.2) is 9.63 Å². The number of aliphatic hydroxyl groups is 1. The van der Waals surface area contributed by atoms with Crippen molar-refractivity contribution in [3.8, 4) is 0 Å². The van der Waals surface area contributed by atoms with E-state index in [-0.39, 0.29) is 17.1 Å². The van der Waals surface area contributed by atoms with Crippen LogP contribution >= 0.6 is 34.8 Å². The van der Waals surface area contributed by atoms with E-state index in [4.69, 9.17) is 39.9 Å². The number of alkyl halides is 2. The Labute approximate surface area is 67.4 Å². The summed E-state index contributed by atoms with van der Waals surface area (Å²) in [5, 5.41) is 8.17. The van der Waals surface area contributed by atoms with E-state index in [9.17, 15) is 0 Å². The Kier molecular flexibility index (Phi) is 6.79. The maximum absolute atomic E-state index is 8.17. The van der Waals surface area contributed by atoms with Gasteiger partial charge in [-0.25, -0.2) is 0 Å². The van der Waals surface area contributed by atoms with Gasteiger partial charge < -0.3 is 16.7 Å². The van der Waals surface area contributed by atoms with E-state index in [1.165, 1.54) is 0 Å². The molecule has 0 fully saturated rings. The number of hydrogen-bond acceptors (Lipinski definition) is 1. The molecule has 1 nitrogen and oxygen atoms in total. The Morgan fingerprint density at radius 2 is 1.57 bits per heavy atom. The van der Waals surface area contributed by atoms with Crippen LogP contribution < -0.4 is 0 Å². The minimum absolute atomic E-state index is 0. The molecular weight excluding hydrogens is 202 g/mol.